The van der Waals surface area contributed by atoms with Crippen LogP contribution in [0.2, 0.25) is 0 Å². The van der Waals surface area contributed by atoms with E-state index in [4.69, 9.17) is 10.5 Å². The molecule has 106 valence electrons. The van der Waals surface area contributed by atoms with Gasteiger partial charge in [-0.3, -0.25) is 4.99 Å². The van der Waals surface area contributed by atoms with Crippen molar-refractivity contribution in [1.82, 2.24) is 4.98 Å². The first-order chi connectivity index (χ1) is 9.08. The number of nitrogens with two attached hydrogens (primary N) is 1. The lowest BCUT2D eigenvalue weighted by Gasteiger charge is -2.09. The largest absolute Gasteiger partial charge is 0.375 e. The molecule has 0 spiro atoms. The van der Waals surface area contributed by atoms with E-state index in [1.807, 2.05) is 18.4 Å². The van der Waals surface area contributed by atoms with Crippen LogP contribution in [0.25, 0.3) is 5.57 Å². The Balaban J connectivity index is 2.82. The van der Waals surface area contributed by atoms with Crippen LogP contribution in [0.3, 0.4) is 0 Å². The van der Waals surface area contributed by atoms with Crippen molar-refractivity contribution in [2.24, 2.45) is 4.99 Å². The zero-order valence-electron chi connectivity index (χ0n) is 10.9. The Kier molecular flexibility index (Phi) is 6.58. The van der Waals surface area contributed by atoms with Crippen molar-refractivity contribution < 1.29 is 13.5 Å². The second-order valence-electron chi connectivity index (χ2n) is 3.67. The lowest BCUT2D eigenvalue weighted by Crippen LogP contribution is -2.15. The molecule has 0 fully saturated rings. The summed E-state index contributed by atoms with van der Waals surface area (Å²) in [6, 6.07) is 0. The van der Waals surface area contributed by atoms with Gasteiger partial charge in [-0.25, -0.2) is 13.8 Å². The molecule has 1 rings (SSSR count). The molecule has 1 heterocycles. The zero-order chi connectivity index (χ0) is 14.3. The van der Waals surface area contributed by atoms with Gasteiger partial charge < -0.3 is 10.5 Å². The van der Waals surface area contributed by atoms with Gasteiger partial charge in [0.05, 0.1) is 18.0 Å². The van der Waals surface area contributed by atoms with Gasteiger partial charge in [0.1, 0.15) is 6.61 Å². The van der Waals surface area contributed by atoms with Crippen molar-refractivity contribution in [2.75, 3.05) is 26.0 Å². The number of nitrogens with zero attached hydrogens (tertiary/aromatic N) is 2. The molecule has 0 aliphatic carbocycles. The number of hydrogen-bond donors (Lipinski definition) is 1. The normalized spacial score (nSPS) is 13.3. The average molecular weight is 289 g/mol. The summed E-state index contributed by atoms with van der Waals surface area (Å²) in [5.41, 5.74) is 7.68. The first kappa shape index (κ1) is 15.7. The number of rotatable bonds is 7. The minimum absolute atomic E-state index is 0.0318. The van der Waals surface area contributed by atoms with E-state index in [1.165, 1.54) is 11.3 Å². The lowest BCUT2D eigenvalue weighted by molar-refractivity contribution is 0.0326. The number of alkyl halides is 2. The molecule has 0 unspecified atom stereocenters. The molecule has 0 amide bonds. The molecule has 7 heteroatoms. The molecule has 0 aromatic carbocycles. The van der Waals surface area contributed by atoms with Crippen molar-refractivity contribution in [3.63, 3.8) is 0 Å². The molecule has 0 atom stereocenters. The smallest absolute Gasteiger partial charge is 0.261 e. The van der Waals surface area contributed by atoms with Crippen LogP contribution in [-0.4, -0.2) is 37.4 Å². The summed E-state index contributed by atoms with van der Waals surface area (Å²) >= 11 is 1.33. The molecule has 2 N–H and O–H groups in total. The molecule has 1 aromatic heterocycles. The molecule has 19 heavy (non-hydrogen) atoms. The highest BCUT2D eigenvalue weighted by Gasteiger charge is 2.13. The Labute approximate surface area is 115 Å². The van der Waals surface area contributed by atoms with Crippen LogP contribution in [0.4, 0.5) is 13.9 Å². The standard InChI is InChI=1S/C12H17F2N3OS/c1-3-4-8(10-7-19-12(15)17-10)9(16-2)5-18-6-11(13)14/h4,7,11H,3,5-6H2,1-2H3,(H2,15,17)/b8-4+,16-9?. The van der Waals surface area contributed by atoms with Crippen LogP contribution in [0.15, 0.2) is 16.4 Å². The van der Waals surface area contributed by atoms with Crippen molar-refractivity contribution in [3.05, 3.63) is 17.2 Å². The van der Waals surface area contributed by atoms with Gasteiger partial charge >= 0.3 is 0 Å². The zero-order valence-corrected chi connectivity index (χ0v) is 11.7. The van der Waals surface area contributed by atoms with Crippen molar-refractivity contribution >= 4 is 27.8 Å². The fourth-order valence-electron chi connectivity index (χ4n) is 1.49. The Hall–Kier alpha value is -1.34. The highest BCUT2D eigenvalue weighted by atomic mass is 32.1. The topological polar surface area (TPSA) is 60.5 Å². The summed E-state index contributed by atoms with van der Waals surface area (Å²) in [6.07, 6.45) is 0.232. The molecule has 0 bridgehead atoms. The number of halogens is 2. The lowest BCUT2D eigenvalue weighted by atomic mass is 10.1. The van der Waals surface area contributed by atoms with E-state index in [0.29, 0.717) is 16.5 Å². The second kappa shape index (κ2) is 7.96. The van der Waals surface area contributed by atoms with Crippen LogP contribution < -0.4 is 5.73 Å². The van der Waals surface area contributed by atoms with E-state index in [1.54, 1.807) is 7.05 Å². The first-order valence-corrected chi connectivity index (χ1v) is 6.69. The SMILES string of the molecule is CC/C=C(\C(COCC(F)F)=NC)c1csc(N)n1. The van der Waals surface area contributed by atoms with Crippen LogP contribution in [0, 0.1) is 0 Å². The van der Waals surface area contributed by atoms with Gasteiger partial charge in [-0.2, -0.15) is 0 Å². The first-order valence-electron chi connectivity index (χ1n) is 5.81. The molecule has 0 radical (unpaired) electrons. The third kappa shape index (κ3) is 5.04. The predicted molar refractivity (Wildman–Crippen MR) is 75.0 cm³/mol. The number of aliphatic imine (C=N–C) groups is 1. The van der Waals surface area contributed by atoms with Crippen LogP contribution in [0.1, 0.15) is 19.0 Å². The Morgan fingerprint density at radius 2 is 2.37 bits per heavy atom. The quantitative estimate of drug-likeness (QED) is 0.785. The number of hydrogen-bond acceptors (Lipinski definition) is 5. The second-order valence-corrected chi connectivity index (χ2v) is 4.56. The highest BCUT2D eigenvalue weighted by molar-refractivity contribution is 7.13. The number of ether oxygens (including phenoxy) is 1. The van der Waals surface area contributed by atoms with Gasteiger partial charge in [-0.1, -0.05) is 13.0 Å². The van der Waals surface area contributed by atoms with Crippen LogP contribution in [-0.2, 0) is 4.74 Å². The monoisotopic (exact) mass is 289 g/mol. The maximum atomic E-state index is 12.1. The van der Waals surface area contributed by atoms with Crippen molar-refractivity contribution in [3.8, 4) is 0 Å². The molecule has 1 aromatic rings. The number of anilines is 1. The summed E-state index contributed by atoms with van der Waals surface area (Å²) in [5, 5.41) is 2.27. The van der Waals surface area contributed by atoms with Gasteiger partial charge in [-0.05, 0) is 6.42 Å². The van der Waals surface area contributed by atoms with Crippen molar-refractivity contribution in [2.45, 2.75) is 19.8 Å². The minimum Gasteiger partial charge on any atom is -0.375 e. The maximum absolute atomic E-state index is 12.1. The summed E-state index contributed by atoms with van der Waals surface area (Å²) < 4.78 is 29.0. The third-order valence-electron chi connectivity index (χ3n) is 2.27. The van der Waals surface area contributed by atoms with Crippen LogP contribution in [0.5, 0.6) is 0 Å². The summed E-state index contributed by atoms with van der Waals surface area (Å²) in [4.78, 5) is 8.28. The fourth-order valence-corrected chi connectivity index (χ4v) is 2.06. The Morgan fingerprint density at radius 3 is 2.84 bits per heavy atom. The van der Waals surface area contributed by atoms with E-state index in [-0.39, 0.29) is 6.61 Å². The van der Waals surface area contributed by atoms with Gasteiger partial charge in [0.15, 0.2) is 5.13 Å². The van der Waals surface area contributed by atoms with E-state index in [2.05, 4.69) is 9.98 Å². The number of thiazole rings is 1. The van der Waals surface area contributed by atoms with Gasteiger partial charge in [0.2, 0.25) is 0 Å². The fraction of sp³-hybridized carbons (Fsp3) is 0.500. The number of nitrogen functional groups attached to an aromatic ring is 1. The van der Waals surface area contributed by atoms with E-state index in [0.717, 1.165) is 12.0 Å². The molecular weight excluding hydrogens is 272 g/mol. The van der Waals surface area contributed by atoms with Crippen LogP contribution >= 0.6 is 11.3 Å². The summed E-state index contributed by atoms with van der Waals surface area (Å²) in [7, 11) is 1.60. The Bertz CT molecular complexity index is 458. The number of allylic oxidation sites excluding steroid dienone is 1. The molecule has 0 saturated heterocycles. The van der Waals surface area contributed by atoms with E-state index >= 15 is 0 Å². The molecular formula is C12H17F2N3OS. The van der Waals surface area contributed by atoms with E-state index in [9.17, 15) is 8.78 Å². The molecule has 4 nitrogen and oxygen atoms in total. The predicted octanol–water partition coefficient (Wildman–Crippen LogP) is 2.87. The highest BCUT2D eigenvalue weighted by Crippen LogP contribution is 2.21. The van der Waals surface area contributed by atoms with E-state index < -0.39 is 13.0 Å². The molecule has 0 aliphatic rings. The molecule has 0 aliphatic heterocycles. The number of aromatic nitrogens is 1. The van der Waals surface area contributed by atoms with Crippen molar-refractivity contribution in [1.29, 1.82) is 0 Å². The van der Waals surface area contributed by atoms with Gasteiger partial charge in [0, 0.05) is 18.0 Å². The summed E-state index contributed by atoms with van der Waals surface area (Å²) in [6.45, 7) is 1.41. The molecule has 0 saturated carbocycles. The minimum atomic E-state index is -2.48. The Morgan fingerprint density at radius 1 is 1.63 bits per heavy atom. The third-order valence-corrected chi connectivity index (χ3v) is 2.94. The van der Waals surface area contributed by atoms with Gasteiger partial charge in [-0.15, -0.1) is 11.3 Å². The average Bonchev–Trinajstić information content (AvgIpc) is 2.78. The maximum Gasteiger partial charge on any atom is 0.261 e. The van der Waals surface area contributed by atoms with Gasteiger partial charge in [0.25, 0.3) is 6.43 Å². The summed E-state index contributed by atoms with van der Waals surface area (Å²) in [5.74, 6) is 0.